The first-order chi connectivity index (χ1) is 12.2. The molecule has 1 aromatic heterocycles. The van der Waals surface area contributed by atoms with E-state index in [0.717, 1.165) is 19.0 Å². The molecule has 26 heavy (non-hydrogen) atoms. The smallest absolute Gasteiger partial charge is 0.228 e. The maximum absolute atomic E-state index is 5.14. The lowest BCUT2D eigenvalue weighted by Crippen LogP contribution is -2.42. The Kier molecular flexibility index (Phi) is 7.86. The fourth-order valence-electron chi connectivity index (χ4n) is 3.23. The summed E-state index contributed by atoms with van der Waals surface area (Å²) < 4.78 is 5.14. The fourth-order valence-corrected chi connectivity index (χ4v) is 3.23. The number of aliphatic imine (C=N–C) groups is 1. The molecule has 0 spiro atoms. The van der Waals surface area contributed by atoms with Gasteiger partial charge in [0, 0.05) is 24.9 Å². The third-order valence-electron chi connectivity index (χ3n) is 4.78. The van der Waals surface area contributed by atoms with Gasteiger partial charge < -0.3 is 15.2 Å². The van der Waals surface area contributed by atoms with Crippen LogP contribution < -0.4 is 10.6 Å². The molecule has 0 unspecified atom stereocenters. The van der Waals surface area contributed by atoms with Crippen LogP contribution in [0.15, 0.2) is 39.8 Å². The first kappa shape index (κ1) is 20.7. The molecule has 0 bridgehead atoms. The molecular formula is C19H28IN5O. The molecule has 6 nitrogen and oxygen atoms in total. The lowest BCUT2D eigenvalue weighted by molar-refractivity contribution is 0.253. The van der Waals surface area contributed by atoms with Gasteiger partial charge >= 0.3 is 0 Å². The van der Waals surface area contributed by atoms with Crippen LogP contribution in [0.1, 0.15) is 43.5 Å². The van der Waals surface area contributed by atoms with Gasteiger partial charge in [-0.3, -0.25) is 4.99 Å². The molecule has 3 rings (SSSR count). The molecule has 2 N–H and O–H groups in total. The van der Waals surface area contributed by atoms with Crippen molar-refractivity contribution >= 4 is 29.9 Å². The highest BCUT2D eigenvalue weighted by Crippen LogP contribution is 2.43. The van der Waals surface area contributed by atoms with Crippen LogP contribution in [-0.4, -0.2) is 35.7 Å². The van der Waals surface area contributed by atoms with Gasteiger partial charge in [-0.05, 0) is 32.3 Å². The van der Waals surface area contributed by atoms with Gasteiger partial charge in [0.25, 0.3) is 0 Å². The maximum Gasteiger partial charge on any atom is 0.228 e. The Morgan fingerprint density at radius 3 is 2.58 bits per heavy atom. The van der Waals surface area contributed by atoms with Crippen molar-refractivity contribution < 1.29 is 4.52 Å². The molecule has 0 aliphatic heterocycles. The van der Waals surface area contributed by atoms with E-state index in [1.54, 1.807) is 0 Å². The second kappa shape index (κ2) is 9.89. The van der Waals surface area contributed by atoms with Crippen LogP contribution in [0.25, 0.3) is 0 Å². The predicted octanol–water partition coefficient (Wildman–Crippen LogP) is 3.22. The minimum absolute atomic E-state index is 0. The van der Waals surface area contributed by atoms with Crippen molar-refractivity contribution in [3.05, 3.63) is 47.6 Å². The lowest BCUT2D eigenvalue weighted by atomic mass is 9.64. The van der Waals surface area contributed by atoms with E-state index in [4.69, 9.17) is 9.52 Å². The Bertz CT molecular complexity index is 697. The average molecular weight is 469 g/mol. The highest BCUT2D eigenvalue weighted by atomic mass is 127. The minimum Gasteiger partial charge on any atom is -0.357 e. The van der Waals surface area contributed by atoms with Crippen LogP contribution in [-0.2, 0) is 11.8 Å². The van der Waals surface area contributed by atoms with E-state index in [0.29, 0.717) is 24.7 Å². The van der Waals surface area contributed by atoms with Gasteiger partial charge in [-0.25, -0.2) is 0 Å². The maximum atomic E-state index is 5.14. The van der Waals surface area contributed by atoms with Gasteiger partial charge in [-0.15, -0.1) is 24.0 Å². The van der Waals surface area contributed by atoms with Crippen molar-refractivity contribution in [1.82, 2.24) is 20.8 Å². The van der Waals surface area contributed by atoms with Crippen LogP contribution >= 0.6 is 24.0 Å². The molecule has 0 atom stereocenters. The Labute approximate surface area is 172 Å². The molecule has 1 aromatic carbocycles. The number of nitrogens with zero attached hydrogens (tertiary/aromatic N) is 3. The minimum atomic E-state index is 0. The van der Waals surface area contributed by atoms with Crippen molar-refractivity contribution in [2.45, 2.75) is 44.9 Å². The largest absolute Gasteiger partial charge is 0.357 e. The molecule has 0 radical (unpaired) electrons. The van der Waals surface area contributed by atoms with E-state index in [1.807, 2.05) is 6.92 Å². The van der Waals surface area contributed by atoms with Crippen LogP contribution in [0, 0.1) is 6.92 Å². The summed E-state index contributed by atoms with van der Waals surface area (Å²) in [4.78, 5) is 9.07. The van der Waals surface area contributed by atoms with Crippen molar-refractivity contribution in [3.8, 4) is 0 Å². The molecule has 1 heterocycles. The number of nitrogens with one attached hydrogen (secondary N) is 2. The van der Waals surface area contributed by atoms with E-state index in [-0.39, 0.29) is 29.4 Å². The van der Waals surface area contributed by atoms with Gasteiger partial charge in [0.1, 0.15) is 0 Å². The first-order valence-corrected chi connectivity index (χ1v) is 9.09. The van der Waals surface area contributed by atoms with Crippen molar-refractivity contribution in [2.75, 3.05) is 19.6 Å². The molecule has 1 aliphatic rings. The summed E-state index contributed by atoms with van der Waals surface area (Å²) in [6.07, 6.45) is 4.39. The molecule has 0 amide bonds. The van der Waals surface area contributed by atoms with Gasteiger partial charge in [0.05, 0.1) is 6.54 Å². The topological polar surface area (TPSA) is 75.3 Å². The summed E-state index contributed by atoms with van der Waals surface area (Å²) in [5, 5.41) is 10.5. The predicted molar refractivity (Wildman–Crippen MR) is 114 cm³/mol. The van der Waals surface area contributed by atoms with E-state index in [1.165, 1.54) is 24.8 Å². The lowest BCUT2D eigenvalue weighted by Gasteiger charge is -2.41. The number of guanidine groups is 1. The molecule has 1 fully saturated rings. The number of hydrogen-bond acceptors (Lipinski definition) is 4. The monoisotopic (exact) mass is 469 g/mol. The SMILES string of the molecule is CCNC(=NCC1(c2ccccc2)CCC1)NCCc1nc(C)no1.I. The number of benzene rings is 1. The van der Waals surface area contributed by atoms with Crippen LogP contribution in [0.4, 0.5) is 0 Å². The summed E-state index contributed by atoms with van der Waals surface area (Å²) in [6.45, 7) is 6.27. The zero-order chi connectivity index (χ0) is 17.5. The summed E-state index contributed by atoms with van der Waals surface area (Å²) in [7, 11) is 0. The Balaban J connectivity index is 0.00000243. The quantitative estimate of drug-likeness (QED) is 0.370. The van der Waals surface area contributed by atoms with Crippen LogP contribution in [0.2, 0.25) is 0 Å². The molecule has 2 aromatic rings. The van der Waals surface area contributed by atoms with E-state index >= 15 is 0 Å². The van der Waals surface area contributed by atoms with Gasteiger partial charge in [0.15, 0.2) is 11.8 Å². The molecular weight excluding hydrogens is 441 g/mol. The first-order valence-electron chi connectivity index (χ1n) is 9.09. The Morgan fingerprint density at radius 1 is 1.23 bits per heavy atom. The molecule has 1 aliphatic carbocycles. The summed E-state index contributed by atoms with van der Waals surface area (Å²) in [5.74, 6) is 2.17. The third kappa shape index (κ3) is 5.18. The molecule has 1 saturated carbocycles. The highest BCUT2D eigenvalue weighted by Gasteiger charge is 2.38. The summed E-state index contributed by atoms with van der Waals surface area (Å²) >= 11 is 0. The standard InChI is InChI=1S/C19H27N5O.HI/c1-3-20-18(21-13-10-17-23-15(2)24-25-17)22-14-19(11-7-12-19)16-8-5-4-6-9-16;/h4-6,8-9H,3,7,10-14H2,1-2H3,(H2,20,21,22);1H. The normalized spacial score (nSPS) is 15.7. The Hall–Kier alpha value is -1.64. The summed E-state index contributed by atoms with van der Waals surface area (Å²) in [6, 6.07) is 10.8. The van der Waals surface area contributed by atoms with Crippen LogP contribution in [0.3, 0.4) is 0 Å². The Morgan fingerprint density at radius 2 is 2.00 bits per heavy atom. The number of aryl methyl sites for hydroxylation is 1. The van der Waals surface area contributed by atoms with Crippen LogP contribution in [0.5, 0.6) is 0 Å². The summed E-state index contributed by atoms with van der Waals surface area (Å²) in [5.41, 5.74) is 1.61. The second-order valence-electron chi connectivity index (χ2n) is 6.61. The van der Waals surface area contributed by atoms with Crippen molar-refractivity contribution in [1.29, 1.82) is 0 Å². The second-order valence-corrected chi connectivity index (χ2v) is 6.61. The molecule has 142 valence electrons. The average Bonchev–Trinajstić information content (AvgIpc) is 3.00. The van der Waals surface area contributed by atoms with E-state index in [2.05, 4.69) is 58.0 Å². The van der Waals surface area contributed by atoms with E-state index < -0.39 is 0 Å². The van der Waals surface area contributed by atoms with Gasteiger partial charge in [-0.1, -0.05) is 41.9 Å². The van der Waals surface area contributed by atoms with E-state index in [9.17, 15) is 0 Å². The zero-order valence-corrected chi connectivity index (χ0v) is 17.8. The molecule has 0 saturated heterocycles. The third-order valence-corrected chi connectivity index (χ3v) is 4.78. The van der Waals surface area contributed by atoms with Gasteiger partial charge in [-0.2, -0.15) is 4.98 Å². The number of rotatable bonds is 7. The number of halogens is 1. The molecule has 7 heteroatoms. The number of hydrogen-bond donors (Lipinski definition) is 2. The fraction of sp³-hybridized carbons (Fsp3) is 0.526. The van der Waals surface area contributed by atoms with Gasteiger partial charge in [0.2, 0.25) is 5.89 Å². The van der Waals surface area contributed by atoms with Crippen molar-refractivity contribution in [3.63, 3.8) is 0 Å². The van der Waals surface area contributed by atoms with Crippen molar-refractivity contribution in [2.24, 2.45) is 4.99 Å². The highest BCUT2D eigenvalue weighted by molar-refractivity contribution is 14.0. The number of aromatic nitrogens is 2. The zero-order valence-electron chi connectivity index (χ0n) is 15.5.